The summed E-state index contributed by atoms with van der Waals surface area (Å²) in [6.45, 7) is 3.28. The fraction of sp³-hybridized carbons (Fsp3) is 0.300. The third kappa shape index (κ3) is 2.73. The van der Waals surface area contributed by atoms with Gasteiger partial charge in [-0.1, -0.05) is 0 Å². The molecular formula is C10H15N3O2S. The second-order valence-electron chi connectivity index (χ2n) is 3.62. The summed E-state index contributed by atoms with van der Waals surface area (Å²) >= 11 is 0. The molecule has 0 amide bonds. The van der Waals surface area contributed by atoms with Crippen LogP contribution < -0.4 is 11.5 Å². The van der Waals surface area contributed by atoms with Crippen molar-refractivity contribution in [2.24, 2.45) is 16.5 Å². The molecule has 1 rings (SSSR count). The second-order valence-corrected chi connectivity index (χ2v) is 6.13. The molecule has 0 aromatic heterocycles. The molecule has 1 aromatic rings. The van der Waals surface area contributed by atoms with Gasteiger partial charge in [0.05, 0.1) is 15.8 Å². The van der Waals surface area contributed by atoms with Crippen molar-refractivity contribution in [3.63, 3.8) is 0 Å². The Balaban J connectivity index is 3.10. The van der Waals surface area contributed by atoms with E-state index in [0.717, 1.165) is 0 Å². The molecule has 0 radical (unpaired) electrons. The van der Waals surface area contributed by atoms with Gasteiger partial charge in [-0.3, -0.25) is 0 Å². The molecule has 0 fully saturated rings. The molecule has 0 bridgehead atoms. The van der Waals surface area contributed by atoms with Crippen LogP contribution in [0.2, 0.25) is 0 Å². The zero-order valence-electron chi connectivity index (χ0n) is 9.21. The molecule has 0 aliphatic rings. The molecule has 4 N–H and O–H groups in total. The Morgan fingerprint density at radius 3 is 2.06 bits per heavy atom. The average Bonchev–Trinajstić information content (AvgIpc) is 2.17. The van der Waals surface area contributed by atoms with Crippen LogP contribution in [0.4, 0.5) is 5.69 Å². The molecule has 0 aliphatic heterocycles. The minimum atomic E-state index is -3.23. The van der Waals surface area contributed by atoms with Crippen molar-refractivity contribution in [3.8, 4) is 0 Å². The Morgan fingerprint density at radius 2 is 1.69 bits per heavy atom. The molecule has 0 heterocycles. The van der Waals surface area contributed by atoms with E-state index in [1.165, 1.54) is 12.1 Å². The topological polar surface area (TPSA) is 98.5 Å². The lowest BCUT2D eigenvalue weighted by molar-refractivity contribution is 0.587. The van der Waals surface area contributed by atoms with Crippen molar-refractivity contribution < 1.29 is 8.42 Å². The number of nitrogens with zero attached hydrogens (tertiary/aromatic N) is 1. The lowest BCUT2D eigenvalue weighted by Gasteiger charge is -2.07. The van der Waals surface area contributed by atoms with Crippen molar-refractivity contribution >= 4 is 21.5 Å². The predicted molar refractivity (Wildman–Crippen MR) is 64.2 cm³/mol. The van der Waals surface area contributed by atoms with Crippen LogP contribution in [0.5, 0.6) is 0 Å². The summed E-state index contributed by atoms with van der Waals surface area (Å²) in [4.78, 5) is 4.08. The highest BCUT2D eigenvalue weighted by Gasteiger charge is 2.18. The van der Waals surface area contributed by atoms with Crippen LogP contribution in [0, 0.1) is 0 Å². The van der Waals surface area contributed by atoms with Crippen LogP contribution >= 0.6 is 0 Å². The monoisotopic (exact) mass is 241 g/mol. The molecule has 0 spiro atoms. The molecule has 0 atom stereocenters. The Labute approximate surface area is 95.1 Å². The molecule has 6 heteroatoms. The summed E-state index contributed by atoms with van der Waals surface area (Å²) in [7, 11) is -3.23. The molecule has 0 aliphatic carbocycles. The van der Waals surface area contributed by atoms with E-state index < -0.39 is 15.1 Å². The van der Waals surface area contributed by atoms with Gasteiger partial charge >= 0.3 is 0 Å². The summed E-state index contributed by atoms with van der Waals surface area (Å²) in [5, 5.41) is -0.443. The average molecular weight is 241 g/mol. The summed E-state index contributed by atoms with van der Waals surface area (Å²) in [6.07, 6.45) is 0. The van der Waals surface area contributed by atoms with Crippen molar-refractivity contribution in [2.75, 3.05) is 0 Å². The van der Waals surface area contributed by atoms with E-state index in [1.54, 1.807) is 26.0 Å². The third-order valence-corrected chi connectivity index (χ3v) is 4.21. The van der Waals surface area contributed by atoms with Crippen LogP contribution in [-0.2, 0) is 9.84 Å². The number of rotatable bonds is 3. The van der Waals surface area contributed by atoms with Crippen molar-refractivity contribution in [2.45, 2.75) is 24.0 Å². The van der Waals surface area contributed by atoms with E-state index in [4.69, 9.17) is 11.5 Å². The third-order valence-electron chi connectivity index (χ3n) is 2.04. The van der Waals surface area contributed by atoms with Crippen LogP contribution in [0.15, 0.2) is 34.2 Å². The minimum absolute atomic E-state index is 0.0560. The predicted octanol–water partition coefficient (Wildman–Crippen LogP) is 0.774. The number of guanidine groups is 1. The molecule has 88 valence electrons. The molecule has 1 aromatic carbocycles. The van der Waals surface area contributed by atoms with E-state index in [0.29, 0.717) is 5.69 Å². The van der Waals surface area contributed by atoms with Gasteiger partial charge in [-0.2, -0.15) is 0 Å². The van der Waals surface area contributed by atoms with Gasteiger partial charge in [0.25, 0.3) is 0 Å². The summed E-state index contributed by atoms with van der Waals surface area (Å²) in [5.41, 5.74) is 10.9. The van der Waals surface area contributed by atoms with Gasteiger partial charge in [0.1, 0.15) is 0 Å². The van der Waals surface area contributed by atoms with Gasteiger partial charge in [0.2, 0.25) is 0 Å². The highest BCUT2D eigenvalue weighted by molar-refractivity contribution is 7.92. The quantitative estimate of drug-likeness (QED) is 0.603. The maximum Gasteiger partial charge on any atom is 0.191 e. The Morgan fingerprint density at radius 1 is 1.19 bits per heavy atom. The number of benzene rings is 1. The largest absolute Gasteiger partial charge is 0.370 e. The smallest absolute Gasteiger partial charge is 0.191 e. The lowest BCUT2D eigenvalue weighted by Crippen LogP contribution is -2.21. The number of hydrogen-bond donors (Lipinski definition) is 2. The normalized spacial score (nSPS) is 11.4. The molecule has 0 saturated heterocycles. The Kier molecular flexibility index (Phi) is 3.54. The molecular weight excluding hydrogens is 226 g/mol. The Bertz CT molecular complexity index is 485. The first-order valence-electron chi connectivity index (χ1n) is 4.77. The highest BCUT2D eigenvalue weighted by atomic mass is 32.2. The van der Waals surface area contributed by atoms with Crippen LogP contribution in [0.3, 0.4) is 0 Å². The molecule has 0 saturated carbocycles. The van der Waals surface area contributed by atoms with Crippen molar-refractivity contribution in [3.05, 3.63) is 24.3 Å². The van der Waals surface area contributed by atoms with Crippen LogP contribution in [0.1, 0.15) is 13.8 Å². The summed E-state index contributed by atoms with van der Waals surface area (Å²) in [6, 6.07) is 6.12. The van der Waals surface area contributed by atoms with Crippen LogP contribution in [0.25, 0.3) is 0 Å². The first-order valence-corrected chi connectivity index (χ1v) is 6.32. The van der Waals surface area contributed by atoms with E-state index >= 15 is 0 Å². The van der Waals surface area contributed by atoms with Gasteiger partial charge in [-0.25, -0.2) is 13.4 Å². The maximum atomic E-state index is 11.8. The summed E-state index contributed by atoms with van der Waals surface area (Å²) < 4.78 is 23.6. The SMILES string of the molecule is CC(C)S(=O)(=O)c1ccc(N=C(N)N)cc1. The number of hydrogen-bond acceptors (Lipinski definition) is 3. The van der Waals surface area contributed by atoms with Gasteiger partial charge in [0.15, 0.2) is 15.8 Å². The van der Waals surface area contributed by atoms with Crippen LogP contribution in [-0.4, -0.2) is 19.6 Å². The van der Waals surface area contributed by atoms with Gasteiger partial charge in [0, 0.05) is 0 Å². The van der Waals surface area contributed by atoms with E-state index in [1.807, 2.05) is 0 Å². The summed E-state index contributed by atoms with van der Waals surface area (Å²) in [5.74, 6) is -0.0560. The zero-order valence-corrected chi connectivity index (χ0v) is 10.0. The maximum absolute atomic E-state index is 11.8. The molecule has 0 unspecified atom stereocenters. The number of aliphatic imine (C=N–C) groups is 1. The van der Waals surface area contributed by atoms with Gasteiger partial charge < -0.3 is 11.5 Å². The zero-order chi connectivity index (χ0) is 12.3. The molecule has 5 nitrogen and oxygen atoms in total. The number of nitrogens with two attached hydrogens (primary N) is 2. The number of sulfone groups is 1. The minimum Gasteiger partial charge on any atom is -0.370 e. The Hall–Kier alpha value is -1.56. The first-order chi connectivity index (χ1) is 7.34. The first kappa shape index (κ1) is 12.5. The van der Waals surface area contributed by atoms with E-state index in [-0.39, 0.29) is 10.9 Å². The van der Waals surface area contributed by atoms with Crippen molar-refractivity contribution in [1.82, 2.24) is 0 Å². The highest BCUT2D eigenvalue weighted by Crippen LogP contribution is 2.19. The second kappa shape index (κ2) is 4.52. The standard InChI is InChI=1S/C10H15N3O2S/c1-7(2)16(14,15)9-5-3-8(4-6-9)13-10(11)12/h3-7H,1-2H3,(H4,11,12,13). The molecule has 16 heavy (non-hydrogen) atoms. The van der Waals surface area contributed by atoms with Gasteiger partial charge in [-0.15, -0.1) is 0 Å². The van der Waals surface area contributed by atoms with Crippen molar-refractivity contribution in [1.29, 1.82) is 0 Å². The lowest BCUT2D eigenvalue weighted by atomic mass is 10.3. The fourth-order valence-electron chi connectivity index (χ4n) is 1.13. The van der Waals surface area contributed by atoms with Gasteiger partial charge in [-0.05, 0) is 38.1 Å². The fourth-order valence-corrected chi connectivity index (χ4v) is 2.19. The van der Waals surface area contributed by atoms with E-state index in [9.17, 15) is 8.42 Å². The van der Waals surface area contributed by atoms with E-state index in [2.05, 4.69) is 4.99 Å².